The lowest BCUT2D eigenvalue weighted by molar-refractivity contribution is -0.131. The van der Waals surface area contributed by atoms with E-state index in [2.05, 4.69) is 10.5 Å². The molecule has 1 atom stereocenters. The summed E-state index contributed by atoms with van der Waals surface area (Å²) in [4.78, 5) is 26.3. The number of nitrogens with zero attached hydrogens (tertiary/aromatic N) is 2. The first-order valence-electron chi connectivity index (χ1n) is 8.07. The zero-order valence-electron chi connectivity index (χ0n) is 13.9. The molecule has 1 N–H and O–H groups in total. The third-order valence-electron chi connectivity index (χ3n) is 4.46. The van der Waals surface area contributed by atoms with Crippen LogP contribution in [0.25, 0.3) is 0 Å². The van der Waals surface area contributed by atoms with Crippen LogP contribution < -0.4 is 5.32 Å². The van der Waals surface area contributed by atoms with Crippen LogP contribution in [0.1, 0.15) is 46.6 Å². The Morgan fingerprint density at radius 2 is 2.25 bits per heavy atom. The van der Waals surface area contributed by atoms with E-state index in [1.165, 1.54) is 12.5 Å². The van der Waals surface area contributed by atoms with Crippen LogP contribution in [0.3, 0.4) is 0 Å². The van der Waals surface area contributed by atoms with Crippen LogP contribution in [-0.4, -0.2) is 34.5 Å². The fourth-order valence-electron chi connectivity index (χ4n) is 2.93. The van der Waals surface area contributed by atoms with Gasteiger partial charge in [-0.05, 0) is 32.8 Å². The highest BCUT2D eigenvalue weighted by Crippen LogP contribution is 2.19. The van der Waals surface area contributed by atoms with Crippen LogP contribution in [0.4, 0.5) is 0 Å². The predicted octanol–water partition coefficient (Wildman–Crippen LogP) is 2.20. The molecule has 0 spiro atoms. The van der Waals surface area contributed by atoms with Gasteiger partial charge >= 0.3 is 0 Å². The maximum Gasteiger partial charge on any atom is 0.254 e. The van der Waals surface area contributed by atoms with Crippen molar-refractivity contribution in [3.05, 3.63) is 41.2 Å². The number of carbonyl (C=O) groups excluding carboxylic acids is 2. The molecule has 2 aromatic rings. The van der Waals surface area contributed by atoms with Gasteiger partial charge in [-0.1, -0.05) is 5.16 Å². The maximum absolute atomic E-state index is 12.4. The number of amides is 2. The smallest absolute Gasteiger partial charge is 0.254 e. The number of hydrogen-bond donors (Lipinski definition) is 1. The van der Waals surface area contributed by atoms with Crippen molar-refractivity contribution in [2.75, 3.05) is 6.54 Å². The first-order chi connectivity index (χ1) is 11.5. The number of furan rings is 1. The van der Waals surface area contributed by atoms with E-state index in [9.17, 15) is 9.59 Å². The Kier molecular flexibility index (Phi) is 4.69. The lowest BCUT2D eigenvalue weighted by Crippen LogP contribution is -2.35. The van der Waals surface area contributed by atoms with Gasteiger partial charge in [-0.25, -0.2) is 0 Å². The molecule has 0 bridgehead atoms. The largest absolute Gasteiger partial charge is 0.472 e. The van der Waals surface area contributed by atoms with Crippen LogP contribution in [0.5, 0.6) is 0 Å². The van der Waals surface area contributed by atoms with Crippen LogP contribution in [0, 0.1) is 13.8 Å². The molecule has 7 nitrogen and oxygen atoms in total. The van der Waals surface area contributed by atoms with Crippen LogP contribution in [-0.2, 0) is 11.3 Å². The van der Waals surface area contributed by atoms with Crippen molar-refractivity contribution in [3.8, 4) is 0 Å². The fraction of sp³-hybridized carbons (Fsp3) is 0.471. The van der Waals surface area contributed by atoms with Gasteiger partial charge in [0.1, 0.15) is 12.0 Å². The van der Waals surface area contributed by atoms with E-state index in [1.54, 1.807) is 6.07 Å². The van der Waals surface area contributed by atoms with Gasteiger partial charge < -0.3 is 19.2 Å². The molecular formula is C17H21N3O4. The minimum absolute atomic E-state index is 0.0222. The minimum atomic E-state index is -0.166. The van der Waals surface area contributed by atoms with Gasteiger partial charge in [0.25, 0.3) is 5.91 Å². The lowest BCUT2D eigenvalue weighted by atomic mass is 10.1. The summed E-state index contributed by atoms with van der Waals surface area (Å²) >= 11 is 0. The fourth-order valence-corrected chi connectivity index (χ4v) is 2.93. The number of aryl methyl sites for hydroxylation is 2. The van der Waals surface area contributed by atoms with E-state index in [0.29, 0.717) is 31.5 Å². The van der Waals surface area contributed by atoms with Gasteiger partial charge in [0.2, 0.25) is 5.91 Å². The summed E-state index contributed by atoms with van der Waals surface area (Å²) in [5.41, 5.74) is 2.27. The summed E-state index contributed by atoms with van der Waals surface area (Å²) in [7, 11) is 0. The number of hydrogen-bond acceptors (Lipinski definition) is 5. The number of nitrogens with one attached hydrogen (secondary N) is 1. The number of carbonyl (C=O) groups is 2. The molecule has 0 radical (unpaired) electrons. The number of rotatable bonds is 4. The zero-order valence-corrected chi connectivity index (χ0v) is 13.9. The molecule has 1 aliphatic heterocycles. The molecule has 1 unspecified atom stereocenters. The Hall–Kier alpha value is -2.57. The summed E-state index contributed by atoms with van der Waals surface area (Å²) in [5, 5.41) is 6.91. The maximum atomic E-state index is 12.4. The molecule has 1 saturated heterocycles. The van der Waals surface area contributed by atoms with Crippen molar-refractivity contribution < 1.29 is 18.5 Å². The second-order valence-electron chi connectivity index (χ2n) is 6.13. The summed E-state index contributed by atoms with van der Waals surface area (Å²) < 4.78 is 10.1. The SMILES string of the molecule is Cc1noc(C)c1CN1CCC(NC(=O)c2ccoc2)CCC1=O. The predicted molar refractivity (Wildman–Crippen MR) is 85.2 cm³/mol. The van der Waals surface area contributed by atoms with E-state index >= 15 is 0 Å². The molecular weight excluding hydrogens is 310 g/mol. The van der Waals surface area contributed by atoms with Crippen molar-refractivity contribution >= 4 is 11.8 Å². The van der Waals surface area contributed by atoms with E-state index in [-0.39, 0.29) is 17.9 Å². The second kappa shape index (κ2) is 6.90. The highest BCUT2D eigenvalue weighted by molar-refractivity contribution is 5.94. The molecule has 128 valence electrons. The lowest BCUT2D eigenvalue weighted by Gasteiger charge is -2.21. The molecule has 0 aliphatic carbocycles. The normalized spacial score (nSPS) is 18.5. The summed E-state index contributed by atoms with van der Waals surface area (Å²) in [6, 6.07) is 1.60. The molecule has 2 amide bonds. The first kappa shape index (κ1) is 16.3. The molecule has 24 heavy (non-hydrogen) atoms. The highest BCUT2D eigenvalue weighted by atomic mass is 16.5. The molecule has 7 heteroatoms. The standard InChI is InChI=1S/C17H21N3O4/c1-11-15(12(2)24-19-11)9-20-7-5-14(3-4-16(20)21)18-17(22)13-6-8-23-10-13/h6,8,10,14H,3-5,7,9H2,1-2H3,(H,18,22). The van der Waals surface area contributed by atoms with Crippen molar-refractivity contribution in [1.29, 1.82) is 0 Å². The second-order valence-corrected chi connectivity index (χ2v) is 6.13. The van der Waals surface area contributed by atoms with Gasteiger partial charge in [-0.15, -0.1) is 0 Å². The van der Waals surface area contributed by atoms with Gasteiger partial charge in [0.05, 0.1) is 24.1 Å². The summed E-state index contributed by atoms with van der Waals surface area (Å²) in [5.74, 6) is 0.671. The van der Waals surface area contributed by atoms with Gasteiger partial charge in [-0.3, -0.25) is 9.59 Å². The van der Waals surface area contributed by atoms with Crippen molar-refractivity contribution in [2.45, 2.75) is 45.7 Å². The Morgan fingerprint density at radius 3 is 2.92 bits per heavy atom. The highest BCUT2D eigenvalue weighted by Gasteiger charge is 2.25. The molecule has 3 heterocycles. The monoisotopic (exact) mass is 331 g/mol. The van der Waals surface area contributed by atoms with Crippen molar-refractivity contribution in [2.24, 2.45) is 0 Å². The quantitative estimate of drug-likeness (QED) is 0.928. The first-order valence-corrected chi connectivity index (χ1v) is 8.07. The molecule has 3 rings (SSSR count). The Bertz CT molecular complexity index is 701. The van der Waals surface area contributed by atoms with Crippen molar-refractivity contribution in [1.82, 2.24) is 15.4 Å². The Balaban J connectivity index is 1.61. The van der Waals surface area contributed by atoms with Crippen LogP contribution >= 0.6 is 0 Å². The third kappa shape index (κ3) is 3.50. The van der Waals surface area contributed by atoms with E-state index < -0.39 is 0 Å². The van der Waals surface area contributed by atoms with Crippen LogP contribution in [0.2, 0.25) is 0 Å². The van der Waals surface area contributed by atoms with Gasteiger partial charge in [0.15, 0.2) is 0 Å². The molecule has 0 saturated carbocycles. The Morgan fingerprint density at radius 1 is 1.42 bits per heavy atom. The third-order valence-corrected chi connectivity index (χ3v) is 4.46. The minimum Gasteiger partial charge on any atom is -0.472 e. The van der Waals surface area contributed by atoms with Crippen molar-refractivity contribution in [3.63, 3.8) is 0 Å². The van der Waals surface area contributed by atoms with E-state index in [4.69, 9.17) is 8.94 Å². The zero-order chi connectivity index (χ0) is 17.1. The molecule has 0 aromatic carbocycles. The number of aromatic nitrogens is 1. The molecule has 2 aromatic heterocycles. The number of likely N-dealkylation sites (tertiary alicyclic amines) is 1. The van der Waals surface area contributed by atoms with E-state index in [0.717, 1.165) is 23.4 Å². The topological polar surface area (TPSA) is 88.6 Å². The summed E-state index contributed by atoms with van der Waals surface area (Å²) in [6.45, 7) is 4.83. The molecule has 1 fully saturated rings. The van der Waals surface area contributed by atoms with Crippen LogP contribution in [0.15, 0.2) is 27.5 Å². The van der Waals surface area contributed by atoms with E-state index in [1.807, 2.05) is 18.7 Å². The van der Waals surface area contributed by atoms with Gasteiger partial charge in [-0.2, -0.15) is 0 Å². The molecule has 1 aliphatic rings. The average Bonchev–Trinajstić information content (AvgIpc) is 3.16. The van der Waals surface area contributed by atoms with Gasteiger partial charge in [0, 0.05) is 24.6 Å². The Labute approximate surface area is 140 Å². The average molecular weight is 331 g/mol. The summed E-state index contributed by atoms with van der Waals surface area (Å²) in [6.07, 6.45) is 4.66.